The molecule has 2 aromatic rings. The number of halogens is 1. The molecule has 122 valence electrons. The van der Waals surface area contributed by atoms with Gasteiger partial charge in [-0.1, -0.05) is 30.7 Å². The number of carboxylic acids is 1. The van der Waals surface area contributed by atoms with Crippen LogP contribution >= 0.6 is 22.9 Å². The van der Waals surface area contributed by atoms with Crippen LogP contribution in [-0.4, -0.2) is 22.0 Å². The monoisotopic (exact) mass is 352 g/mol. The third-order valence-electron chi connectivity index (χ3n) is 3.31. The van der Waals surface area contributed by atoms with E-state index in [9.17, 15) is 9.59 Å². The number of aryl methyl sites for hydroxylation is 2. The van der Waals surface area contributed by atoms with E-state index in [0.717, 1.165) is 11.4 Å². The van der Waals surface area contributed by atoms with Crippen molar-refractivity contribution in [3.8, 4) is 0 Å². The number of benzene rings is 1. The Labute approximate surface area is 143 Å². The fourth-order valence-corrected chi connectivity index (χ4v) is 3.19. The number of rotatable bonds is 6. The van der Waals surface area contributed by atoms with Gasteiger partial charge in [0.05, 0.1) is 23.2 Å². The lowest BCUT2D eigenvalue weighted by molar-refractivity contribution is -0.137. The first-order chi connectivity index (χ1) is 10.9. The zero-order valence-electron chi connectivity index (χ0n) is 12.8. The molecule has 0 spiro atoms. The average molecular weight is 353 g/mol. The van der Waals surface area contributed by atoms with Crippen LogP contribution < -0.4 is 5.32 Å². The molecule has 0 aliphatic rings. The summed E-state index contributed by atoms with van der Waals surface area (Å²) in [7, 11) is 0. The van der Waals surface area contributed by atoms with Gasteiger partial charge < -0.3 is 10.4 Å². The molecule has 0 radical (unpaired) electrons. The Morgan fingerprint density at radius 2 is 2.00 bits per heavy atom. The van der Waals surface area contributed by atoms with Gasteiger partial charge in [-0.2, -0.15) is 0 Å². The second-order valence-corrected chi connectivity index (χ2v) is 6.57. The van der Waals surface area contributed by atoms with Crippen LogP contribution in [0.2, 0.25) is 5.02 Å². The zero-order valence-corrected chi connectivity index (χ0v) is 14.4. The van der Waals surface area contributed by atoms with Gasteiger partial charge in [-0.25, -0.2) is 4.98 Å². The average Bonchev–Trinajstić information content (AvgIpc) is 2.88. The first-order valence-electron chi connectivity index (χ1n) is 7.15. The van der Waals surface area contributed by atoms with Crippen molar-refractivity contribution in [2.75, 3.05) is 0 Å². The Bertz CT molecular complexity index is 713. The molecular formula is C16H17ClN2O3S. The third-order valence-corrected chi connectivity index (χ3v) is 4.86. The predicted octanol–water partition coefficient (Wildman–Crippen LogP) is 3.61. The van der Waals surface area contributed by atoms with Crippen LogP contribution in [0.1, 0.15) is 45.3 Å². The Balaban J connectivity index is 2.22. The zero-order chi connectivity index (χ0) is 17.0. The molecule has 0 saturated carbocycles. The van der Waals surface area contributed by atoms with Crippen LogP contribution in [0.25, 0.3) is 0 Å². The molecule has 5 nitrogen and oxygen atoms in total. The molecule has 0 fully saturated rings. The highest BCUT2D eigenvalue weighted by Crippen LogP contribution is 2.23. The maximum absolute atomic E-state index is 12.5. The van der Waals surface area contributed by atoms with E-state index in [-0.39, 0.29) is 12.3 Å². The number of carboxylic acid groups (broad SMARTS) is 1. The normalized spacial score (nSPS) is 12.0. The van der Waals surface area contributed by atoms with E-state index < -0.39 is 12.0 Å². The third kappa shape index (κ3) is 4.53. The lowest BCUT2D eigenvalue weighted by atomic mass is 10.0. The van der Waals surface area contributed by atoms with E-state index in [2.05, 4.69) is 10.3 Å². The van der Waals surface area contributed by atoms with E-state index in [0.29, 0.717) is 21.2 Å². The highest BCUT2D eigenvalue weighted by molar-refractivity contribution is 7.13. The van der Waals surface area contributed by atoms with Crippen LogP contribution in [0.3, 0.4) is 0 Å². The SMILES string of the molecule is CCc1nc(C)c(C(=O)N[C@@H](CC(=O)O)c2ccc(Cl)cc2)s1. The number of nitrogens with zero attached hydrogens (tertiary/aromatic N) is 1. The summed E-state index contributed by atoms with van der Waals surface area (Å²) in [6.45, 7) is 3.75. The van der Waals surface area contributed by atoms with Crippen molar-refractivity contribution in [2.45, 2.75) is 32.7 Å². The molecule has 1 aromatic heterocycles. The molecule has 0 aliphatic carbocycles. The Kier molecular flexibility index (Phi) is 5.74. The molecule has 0 bridgehead atoms. The topological polar surface area (TPSA) is 79.3 Å². The fourth-order valence-electron chi connectivity index (χ4n) is 2.16. The second-order valence-electron chi connectivity index (χ2n) is 5.05. The Hall–Kier alpha value is -1.92. The molecule has 7 heteroatoms. The molecule has 1 atom stereocenters. The van der Waals surface area contributed by atoms with Gasteiger partial charge in [0.15, 0.2) is 0 Å². The van der Waals surface area contributed by atoms with Crippen LogP contribution in [-0.2, 0) is 11.2 Å². The van der Waals surface area contributed by atoms with Crippen LogP contribution in [0.5, 0.6) is 0 Å². The minimum Gasteiger partial charge on any atom is -0.481 e. The van der Waals surface area contributed by atoms with E-state index in [1.54, 1.807) is 31.2 Å². The summed E-state index contributed by atoms with van der Waals surface area (Å²) >= 11 is 7.19. The van der Waals surface area contributed by atoms with Gasteiger partial charge in [0.25, 0.3) is 5.91 Å². The van der Waals surface area contributed by atoms with Gasteiger partial charge in [-0.15, -0.1) is 11.3 Å². The predicted molar refractivity (Wildman–Crippen MR) is 90.1 cm³/mol. The first-order valence-corrected chi connectivity index (χ1v) is 8.34. The molecule has 0 saturated heterocycles. The molecule has 1 aromatic carbocycles. The van der Waals surface area contributed by atoms with Crippen molar-refractivity contribution in [3.63, 3.8) is 0 Å². The summed E-state index contributed by atoms with van der Waals surface area (Å²) in [5, 5.41) is 13.3. The lowest BCUT2D eigenvalue weighted by Crippen LogP contribution is -2.30. The summed E-state index contributed by atoms with van der Waals surface area (Å²) in [6.07, 6.45) is 0.556. The smallest absolute Gasteiger partial charge is 0.305 e. The van der Waals surface area contributed by atoms with Gasteiger partial charge >= 0.3 is 5.97 Å². The van der Waals surface area contributed by atoms with Crippen molar-refractivity contribution in [2.24, 2.45) is 0 Å². The molecular weight excluding hydrogens is 336 g/mol. The number of aliphatic carboxylic acids is 1. The largest absolute Gasteiger partial charge is 0.481 e. The number of amides is 1. The molecule has 1 heterocycles. The van der Waals surface area contributed by atoms with Crippen LogP contribution in [0, 0.1) is 6.92 Å². The number of aromatic nitrogens is 1. The Morgan fingerprint density at radius 3 is 2.52 bits per heavy atom. The van der Waals surface area contributed by atoms with E-state index >= 15 is 0 Å². The lowest BCUT2D eigenvalue weighted by Gasteiger charge is -2.17. The number of hydrogen-bond donors (Lipinski definition) is 2. The van der Waals surface area contributed by atoms with Gasteiger partial charge in [0.1, 0.15) is 4.88 Å². The molecule has 0 unspecified atom stereocenters. The first kappa shape index (κ1) is 17.4. The fraction of sp³-hybridized carbons (Fsp3) is 0.312. The number of hydrogen-bond acceptors (Lipinski definition) is 4. The maximum atomic E-state index is 12.5. The molecule has 23 heavy (non-hydrogen) atoms. The summed E-state index contributed by atoms with van der Waals surface area (Å²) < 4.78 is 0. The maximum Gasteiger partial charge on any atom is 0.305 e. The van der Waals surface area contributed by atoms with Crippen molar-refractivity contribution in [1.82, 2.24) is 10.3 Å². The van der Waals surface area contributed by atoms with E-state index in [1.807, 2.05) is 6.92 Å². The minimum absolute atomic E-state index is 0.203. The van der Waals surface area contributed by atoms with Crippen molar-refractivity contribution < 1.29 is 14.7 Å². The summed E-state index contributed by atoms with van der Waals surface area (Å²) in [5.41, 5.74) is 1.36. The Morgan fingerprint density at radius 1 is 1.35 bits per heavy atom. The summed E-state index contributed by atoms with van der Waals surface area (Å²) in [6, 6.07) is 6.15. The quantitative estimate of drug-likeness (QED) is 0.832. The second kappa shape index (κ2) is 7.57. The number of thiazole rings is 1. The van der Waals surface area contributed by atoms with Crippen LogP contribution in [0.4, 0.5) is 0 Å². The highest BCUT2D eigenvalue weighted by atomic mass is 35.5. The standard InChI is InChI=1S/C16H17ClN2O3S/c1-3-13-18-9(2)15(23-13)16(22)19-12(8-14(20)21)10-4-6-11(17)7-5-10/h4-7,12H,3,8H2,1-2H3,(H,19,22)(H,20,21)/t12-/m0/s1. The van der Waals surface area contributed by atoms with Gasteiger partial charge in [0.2, 0.25) is 0 Å². The minimum atomic E-state index is -0.986. The van der Waals surface area contributed by atoms with Crippen LogP contribution in [0.15, 0.2) is 24.3 Å². The van der Waals surface area contributed by atoms with Crippen molar-refractivity contribution in [3.05, 3.63) is 50.4 Å². The van der Waals surface area contributed by atoms with Crippen molar-refractivity contribution >= 4 is 34.8 Å². The van der Waals surface area contributed by atoms with Gasteiger partial charge in [-0.3, -0.25) is 9.59 Å². The van der Waals surface area contributed by atoms with Gasteiger partial charge in [-0.05, 0) is 31.0 Å². The summed E-state index contributed by atoms with van der Waals surface area (Å²) in [5.74, 6) is -1.29. The number of carbonyl (C=O) groups is 2. The molecule has 1 amide bonds. The number of carbonyl (C=O) groups excluding carboxylic acids is 1. The van der Waals surface area contributed by atoms with E-state index in [4.69, 9.17) is 16.7 Å². The molecule has 0 aliphatic heterocycles. The summed E-state index contributed by atoms with van der Waals surface area (Å²) in [4.78, 5) is 28.4. The molecule has 2 rings (SSSR count). The number of nitrogens with one attached hydrogen (secondary N) is 1. The highest BCUT2D eigenvalue weighted by Gasteiger charge is 2.21. The van der Waals surface area contributed by atoms with Gasteiger partial charge in [0, 0.05) is 5.02 Å². The van der Waals surface area contributed by atoms with Crippen molar-refractivity contribution in [1.29, 1.82) is 0 Å². The van der Waals surface area contributed by atoms with E-state index in [1.165, 1.54) is 11.3 Å². The molecule has 2 N–H and O–H groups in total.